The number of hydrogen-bond donors (Lipinski definition) is 1. The number of halogens is 1. The number of amides is 1. The molecule has 0 saturated carbocycles. The van der Waals surface area contributed by atoms with Crippen LogP contribution in [-0.4, -0.2) is 37.2 Å². The summed E-state index contributed by atoms with van der Waals surface area (Å²) < 4.78 is 19.2. The molecule has 0 unspecified atom stereocenters. The average molecular weight is 340 g/mol. The minimum Gasteiger partial charge on any atom is -0.378 e. The lowest BCUT2D eigenvalue weighted by atomic mass is 10.1. The van der Waals surface area contributed by atoms with Crippen LogP contribution in [0.15, 0.2) is 36.5 Å². The first-order valence-corrected chi connectivity index (χ1v) is 7.93. The zero-order valence-electron chi connectivity index (χ0n) is 13.5. The van der Waals surface area contributed by atoms with Gasteiger partial charge in [0.1, 0.15) is 11.5 Å². The summed E-state index contributed by atoms with van der Waals surface area (Å²) in [5.41, 5.74) is 1.75. The minimum absolute atomic E-state index is 0.0276. The molecule has 1 amide bonds. The van der Waals surface area contributed by atoms with Gasteiger partial charge in [0.2, 0.25) is 0 Å². The summed E-state index contributed by atoms with van der Waals surface area (Å²) in [6.07, 6.45) is 1.59. The molecule has 2 heterocycles. The lowest BCUT2D eigenvalue weighted by Gasteiger charge is -2.28. The number of hydrogen-bond acceptors (Lipinski definition) is 5. The summed E-state index contributed by atoms with van der Waals surface area (Å²) in [4.78, 5) is 18.5. The predicted octanol–water partition coefficient (Wildman–Crippen LogP) is 1.86. The highest BCUT2D eigenvalue weighted by atomic mass is 19.1. The SMILES string of the molecule is N#Cc1ccc(CNC(=O)c2cc(N3CCOCC3)ccn2)c(F)c1. The number of morpholine rings is 1. The Hall–Kier alpha value is -2.98. The lowest BCUT2D eigenvalue weighted by molar-refractivity contribution is 0.0945. The van der Waals surface area contributed by atoms with E-state index in [0.717, 1.165) is 24.8 Å². The molecule has 1 aliphatic rings. The van der Waals surface area contributed by atoms with E-state index in [0.29, 0.717) is 18.8 Å². The maximum Gasteiger partial charge on any atom is 0.270 e. The van der Waals surface area contributed by atoms with Gasteiger partial charge in [-0.2, -0.15) is 5.26 Å². The van der Waals surface area contributed by atoms with Crippen molar-refractivity contribution in [2.24, 2.45) is 0 Å². The first-order valence-electron chi connectivity index (χ1n) is 7.93. The molecular weight excluding hydrogens is 323 g/mol. The van der Waals surface area contributed by atoms with E-state index < -0.39 is 5.82 Å². The monoisotopic (exact) mass is 340 g/mol. The predicted molar refractivity (Wildman–Crippen MR) is 89.6 cm³/mol. The number of pyridine rings is 1. The normalized spacial score (nSPS) is 14.0. The molecule has 0 bridgehead atoms. The molecule has 0 atom stereocenters. The standard InChI is InChI=1S/C18H17FN4O2/c19-16-9-13(11-20)1-2-14(16)12-22-18(24)17-10-15(3-4-21-17)23-5-7-25-8-6-23/h1-4,9-10H,5-8,12H2,(H,22,24). The quantitative estimate of drug-likeness (QED) is 0.919. The largest absolute Gasteiger partial charge is 0.378 e. The van der Waals surface area contributed by atoms with Gasteiger partial charge >= 0.3 is 0 Å². The van der Waals surface area contributed by atoms with Gasteiger partial charge < -0.3 is 15.0 Å². The molecule has 1 saturated heterocycles. The molecule has 1 N–H and O–H groups in total. The molecule has 1 aliphatic heterocycles. The van der Waals surface area contributed by atoms with Crippen LogP contribution in [0.4, 0.5) is 10.1 Å². The summed E-state index contributed by atoms with van der Waals surface area (Å²) in [5.74, 6) is -0.895. The van der Waals surface area contributed by atoms with E-state index >= 15 is 0 Å². The smallest absolute Gasteiger partial charge is 0.270 e. The van der Waals surface area contributed by atoms with E-state index in [1.165, 1.54) is 12.1 Å². The average Bonchev–Trinajstić information content (AvgIpc) is 2.67. The van der Waals surface area contributed by atoms with Crippen LogP contribution in [0.3, 0.4) is 0 Å². The molecule has 2 aromatic rings. The van der Waals surface area contributed by atoms with Gasteiger partial charge in [-0.25, -0.2) is 4.39 Å². The molecule has 128 valence electrons. The van der Waals surface area contributed by atoms with Crippen molar-refractivity contribution in [2.75, 3.05) is 31.2 Å². The Morgan fingerprint density at radius 2 is 2.12 bits per heavy atom. The van der Waals surface area contributed by atoms with Crippen molar-refractivity contribution in [3.8, 4) is 6.07 Å². The third kappa shape index (κ3) is 4.11. The van der Waals surface area contributed by atoms with Gasteiger partial charge in [0, 0.05) is 37.1 Å². The second-order valence-corrected chi connectivity index (χ2v) is 5.60. The highest BCUT2D eigenvalue weighted by molar-refractivity contribution is 5.93. The van der Waals surface area contributed by atoms with Crippen LogP contribution in [0.1, 0.15) is 21.6 Å². The Balaban J connectivity index is 1.66. The van der Waals surface area contributed by atoms with Crippen molar-refractivity contribution in [3.63, 3.8) is 0 Å². The molecular formula is C18H17FN4O2. The van der Waals surface area contributed by atoms with E-state index in [1.54, 1.807) is 12.3 Å². The van der Waals surface area contributed by atoms with Crippen LogP contribution in [0.5, 0.6) is 0 Å². The summed E-state index contributed by atoms with van der Waals surface area (Å²) in [5, 5.41) is 11.4. The molecule has 0 radical (unpaired) electrons. The fraction of sp³-hybridized carbons (Fsp3) is 0.278. The molecule has 1 aromatic heterocycles. The molecule has 25 heavy (non-hydrogen) atoms. The van der Waals surface area contributed by atoms with Crippen LogP contribution in [-0.2, 0) is 11.3 Å². The Kier molecular flexibility index (Phi) is 5.21. The first kappa shape index (κ1) is 16.9. The van der Waals surface area contributed by atoms with Gasteiger partial charge in [0.15, 0.2) is 0 Å². The number of benzene rings is 1. The number of nitriles is 1. The fourth-order valence-electron chi connectivity index (χ4n) is 2.59. The summed E-state index contributed by atoms with van der Waals surface area (Å²) >= 11 is 0. The Bertz CT molecular complexity index is 813. The third-order valence-electron chi connectivity index (χ3n) is 3.97. The number of nitrogens with one attached hydrogen (secondary N) is 1. The van der Waals surface area contributed by atoms with E-state index in [-0.39, 0.29) is 23.7 Å². The van der Waals surface area contributed by atoms with E-state index in [1.807, 2.05) is 12.1 Å². The van der Waals surface area contributed by atoms with Crippen molar-refractivity contribution in [2.45, 2.75) is 6.54 Å². The number of anilines is 1. The molecule has 3 rings (SSSR count). The first-order chi connectivity index (χ1) is 12.2. The zero-order chi connectivity index (χ0) is 17.6. The molecule has 1 aromatic carbocycles. The van der Waals surface area contributed by atoms with Crippen LogP contribution < -0.4 is 10.2 Å². The molecule has 1 fully saturated rings. The Morgan fingerprint density at radius 1 is 1.32 bits per heavy atom. The second-order valence-electron chi connectivity index (χ2n) is 5.60. The number of rotatable bonds is 4. The van der Waals surface area contributed by atoms with Crippen molar-refractivity contribution < 1.29 is 13.9 Å². The van der Waals surface area contributed by atoms with Crippen molar-refractivity contribution >= 4 is 11.6 Å². The maximum atomic E-state index is 13.9. The van der Waals surface area contributed by atoms with Gasteiger partial charge in [-0.05, 0) is 24.3 Å². The number of ether oxygens (including phenoxy) is 1. The molecule has 0 spiro atoms. The molecule has 0 aliphatic carbocycles. The summed E-state index contributed by atoms with van der Waals surface area (Å²) in [7, 11) is 0. The van der Waals surface area contributed by atoms with Gasteiger partial charge in [0.05, 0.1) is 24.8 Å². The van der Waals surface area contributed by atoms with E-state index in [4.69, 9.17) is 10.00 Å². The van der Waals surface area contributed by atoms with Crippen LogP contribution in [0, 0.1) is 17.1 Å². The van der Waals surface area contributed by atoms with Gasteiger partial charge in [-0.1, -0.05) is 6.07 Å². The lowest BCUT2D eigenvalue weighted by Crippen LogP contribution is -2.36. The topological polar surface area (TPSA) is 78.2 Å². The summed E-state index contributed by atoms with van der Waals surface area (Å²) in [6, 6.07) is 9.60. The van der Waals surface area contributed by atoms with E-state index in [9.17, 15) is 9.18 Å². The number of carbonyl (C=O) groups is 1. The van der Waals surface area contributed by atoms with Crippen LogP contribution >= 0.6 is 0 Å². The number of aromatic nitrogens is 1. The van der Waals surface area contributed by atoms with E-state index in [2.05, 4.69) is 15.2 Å². The maximum absolute atomic E-state index is 13.9. The highest BCUT2D eigenvalue weighted by Crippen LogP contribution is 2.16. The minimum atomic E-state index is -0.519. The van der Waals surface area contributed by atoms with Gasteiger partial charge in [0.25, 0.3) is 5.91 Å². The second kappa shape index (κ2) is 7.73. The molecule has 7 heteroatoms. The van der Waals surface area contributed by atoms with Crippen LogP contribution in [0.2, 0.25) is 0 Å². The fourth-order valence-corrected chi connectivity index (χ4v) is 2.59. The van der Waals surface area contributed by atoms with Crippen LogP contribution in [0.25, 0.3) is 0 Å². The third-order valence-corrected chi connectivity index (χ3v) is 3.97. The van der Waals surface area contributed by atoms with Gasteiger partial charge in [-0.15, -0.1) is 0 Å². The number of carbonyl (C=O) groups excluding carboxylic acids is 1. The number of nitrogens with zero attached hydrogens (tertiary/aromatic N) is 3. The molecule has 6 nitrogen and oxygen atoms in total. The van der Waals surface area contributed by atoms with Crippen molar-refractivity contribution in [1.29, 1.82) is 5.26 Å². The van der Waals surface area contributed by atoms with Crippen molar-refractivity contribution in [3.05, 3.63) is 59.2 Å². The summed E-state index contributed by atoms with van der Waals surface area (Å²) in [6.45, 7) is 2.87. The Morgan fingerprint density at radius 3 is 2.84 bits per heavy atom. The zero-order valence-corrected chi connectivity index (χ0v) is 13.5. The Labute approximate surface area is 144 Å². The highest BCUT2D eigenvalue weighted by Gasteiger charge is 2.14. The van der Waals surface area contributed by atoms with Crippen molar-refractivity contribution in [1.82, 2.24) is 10.3 Å². The van der Waals surface area contributed by atoms with Gasteiger partial charge in [-0.3, -0.25) is 9.78 Å².